The maximum absolute atomic E-state index is 3.73. The predicted molar refractivity (Wildman–Crippen MR) is 116 cm³/mol. The van der Waals surface area contributed by atoms with E-state index in [1.807, 2.05) is 0 Å². The zero-order chi connectivity index (χ0) is 18.1. The van der Waals surface area contributed by atoms with Crippen molar-refractivity contribution in [2.45, 2.75) is 26.2 Å². The highest BCUT2D eigenvalue weighted by Crippen LogP contribution is 2.38. The van der Waals surface area contributed by atoms with Gasteiger partial charge in [-0.25, -0.2) is 0 Å². The molecule has 1 aromatic heterocycles. The third-order valence-corrected chi connectivity index (χ3v) is 5.66. The highest BCUT2D eigenvalue weighted by molar-refractivity contribution is 7.16. The molecule has 4 rings (SSSR count). The molecule has 130 valence electrons. The number of thiophene rings is 1. The van der Waals surface area contributed by atoms with Crippen LogP contribution in [0.25, 0.3) is 21.9 Å². The summed E-state index contributed by atoms with van der Waals surface area (Å²) in [5.74, 6) is 0. The summed E-state index contributed by atoms with van der Waals surface area (Å²) >= 11 is 1.76. The lowest BCUT2D eigenvalue weighted by molar-refractivity contribution is 0.590. The average Bonchev–Trinajstić information content (AvgIpc) is 3.05. The van der Waals surface area contributed by atoms with Gasteiger partial charge in [0, 0.05) is 22.0 Å². The van der Waals surface area contributed by atoms with Crippen molar-refractivity contribution in [3.63, 3.8) is 0 Å². The molecule has 2 heteroatoms. The molecule has 0 unspecified atom stereocenters. The zero-order valence-electron chi connectivity index (χ0n) is 15.4. The standard InChI is InChI=1S/C24H23NS/c1-24(2,3)19-13-14-20(17-9-5-4-6-10-17)22(15-19)25-23-21-12-8-7-11-18(21)16-26-23/h4-16,25H,1-3H3. The number of anilines is 2. The van der Waals surface area contributed by atoms with Crippen LogP contribution < -0.4 is 5.32 Å². The van der Waals surface area contributed by atoms with E-state index in [4.69, 9.17) is 0 Å². The maximum atomic E-state index is 3.73. The van der Waals surface area contributed by atoms with Gasteiger partial charge in [-0.3, -0.25) is 0 Å². The van der Waals surface area contributed by atoms with E-state index in [1.165, 1.54) is 32.5 Å². The molecule has 0 radical (unpaired) electrons. The SMILES string of the molecule is CC(C)(C)c1ccc(-c2ccccc2)c(Nc2scc3ccccc23)c1. The van der Waals surface area contributed by atoms with Crippen molar-refractivity contribution in [2.24, 2.45) is 0 Å². The summed E-state index contributed by atoms with van der Waals surface area (Å²) in [6.07, 6.45) is 0. The summed E-state index contributed by atoms with van der Waals surface area (Å²) in [6.45, 7) is 6.78. The lowest BCUT2D eigenvalue weighted by Crippen LogP contribution is -2.11. The van der Waals surface area contributed by atoms with Crippen molar-refractivity contribution in [3.8, 4) is 11.1 Å². The van der Waals surface area contributed by atoms with Crippen LogP contribution in [0, 0.1) is 0 Å². The first-order valence-electron chi connectivity index (χ1n) is 8.95. The second-order valence-corrected chi connectivity index (χ2v) is 8.53. The molecule has 3 aromatic carbocycles. The summed E-state index contributed by atoms with van der Waals surface area (Å²) in [5, 5.41) is 9.70. The zero-order valence-corrected chi connectivity index (χ0v) is 16.2. The van der Waals surface area contributed by atoms with Crippen LogP contribution in [-0.4, -0.2) is 0 Å². The molecule has 0 aliphatic heterocycles. The smallest absolute Gasteiger partial charge is 0.101 e. The minimum atomic E-state index is 0.114. The van der Waals surface area contributed by atoms with Gasteiger partial charge in [0.1, 0.15) is 5.00 Å². The molecule has 4 aromatic rings. The third-order valence-electron chi connectivity index (χ3n) is 4.73. The molecule has 1 nitrogen and oxygen atoms in total. The lowest BCUT2D eigenvalue weighted by atomic mass is 9.85. The van der Waals surface area contributed by atoms with E-state index in [1.54, 1.807) is 11.3 Å². The number of nitrogens with one attached hydrogen (secondary N) is 1. The van der Waals surface area contributed by atoms with Gasteiger partial charge in [-0.05, 0) is 28.0 Å². The Hall–Kier alpha value is -2.58. The summed E-state index contributed by atoms with van der Waals surface area (Å²) in [6, 6.07) is 25.9. The van der Waals surface area contributed by atoms with Gasteiger partial charge in [-0.1, -0.05) is 87.5 Å². The van der Waals surface area contributed by atoms with Crippen LogP contribution >= 0.6 is 11.3 Å². The van der Waals surface area contributed by atoms with Crippen molar-refractivity contribution in [1.29, 1.82) is 0 Å². The van der Waals surface area contributed by atoms with Gasteiger partial charge in [0.25, 0.3) is 0 Å². The van der Waals surface area contributed by atoms with Crippen molar-refractivity contribution >= 4 is 32.8 Å². The van der Waals surface area contributed by atoms with Crippen LogP contribution in [0.5, 0.6) is 0 Å². The van der Waals surface area contributed by atoms with E-state index < -0.39 is 0 Å². The average molecular weight is 358 g/mol. The van der Waals surface area contributed by atoms with Crippen LogP contribution in [0.4, 0.5) is 10.7 Å². The van der Waals surface area contributed by atoms with E-state index in [2.05, 4.69) is 104 Å². The molecular weight excluding hydrogens is 334 g/mol. The fourth-order valence-electron chi connectivity index (χ4n) is 3.20. The molecule has 0 spiro atoms. The topological polar surface area (TPSA) is 12.0 Å². The molecule has 0 amide bonds. The summed E-state index contributed by atoms with van der Waals surface area (Å²) in [5.41, 5.74) is 5.08. The van der Waals surface area contributed by atoms with Crippen molar-refractivity contribution in [3.05, 3.63) is 83.7 Å². The van der Waals surface area contributed by atoms with Gasteiger partial charge in [0.05, 0.1) is 0 Å². The van der Waals surface area contributed by atoms with Crippen LogP contribution in [0.1, 0.15) is 26.3 Å². The number of hydrogen-bond acceptors (Lipinski definition) is 2. The first-order valence-corrected chi connectivity index (χ1v) is 9.83. The molecule has 0 aliphatic rings. The molecule has 0 fully saturated rings. The fraction of sp³-hybridized carbons (Fsp3) is 0.167. The van der Waals surface area contributed by atoms with Gasteiger partial charge in [-0.15, -0.1) is 11.3 Å². The van der Waals surface area contributed by atoms with E-state index in [0.717, 1.165) is 5.69 Å². The Morgan fingerprint density at radius 3 is 2.31 bits per heavy atom. The number of rotatable bonds is 3. The molecule has 0 saturated heterocycles. The van der Waals surface area contributed by atoms with Gasteiger partial charge in [0.2, 0.25) is 0 Å². The van der Waals surface area contributed by atoms with Gasteiger partial charge in [0.15, 0.2) is 0 Å². The molecule has 1 heterocycles. The van der Waals surface area contributed by atoms with Crippen LogP contribution in [0.3, 0.4) is 0 Å². The molecule has 0 atom stereocenters. The fourth-order valence-corrected chi connectivity index (χ4v) is 4.13. The second-order valence-electron chi connectivity index (χ2n) is 7.65. The Balaban J connectivity index is 1.84. The van der Waals surface area contributed by atoms with E-state index in [9.17, 15) is 0 Å². The van der Waals surface area contributed by atoms with Crippen molar-refractivity contribution < 1.29 is 0 Å². The molecule has 0 bridgehead atoms. The molecular formula is C24H23NS. The molecule has 0 aliphatic carbocycles. The van der Waals surface area contributed by atoms with Crippen LogP contribution in [0.2, 0.25) is 0 Å². The first-order chi connectivity index (χ1) is 12.5. The van der Waals surface area contributed by atoms with Crippen LogP contribution in [0.15, 0.2) is 78.2 Å². The predicted octanol–water partition coefficient (Wildman–Crippen LogP) is 7.61. The highest BCUT2D eigenvalue weighted by Gasteiger charge is 2.17. The van der Waals surface area contributed by atoms with E-state index >= 15 is 0 Å². The van der Waals surface area contributed by atoms with Gasteiger partial charge >= 0.3 is 0 Å². The maximum Gasteiger partial charge on any atom is 0.101 e. The Morgan fingerprint density at radius 2 is 1.54 bits per heavy atom. The Bertz CT molecular complexity index is 1040. The second kappa shape index (κ2) is 6.62. The van der Waals surface area contributed by atoms with Gasteiger partial charge < -0.3 is 5.32 Å². The van der Waals surface area contributed by atoms with Crippen molar-refractivity contribution in [2.75, 3.05) is 5.32 Å². The summed E-state index contributed by atoms with van der Waals surface area (Å²) < 4.78 is 0. The summed E-state index contributed by atoms with van der Waals surface area (Å²) in [7, 11) is 0. The Labute approximate surface area is 159 Å². The normalized spacial score (nSPS) is 11.7. The van der Waals surface area contributed by atoms with Crippen molar-refractivity contribution in [1.82, 2.24) is 0 Å². The Morgan fingerprint density at radius 1 is 0.808 bits per heavy atom. The quantitative estimate of drug-likeness (QED) is 0.398. The molecule has 0 saturated carbocycles. The van der Waals surface area contributed by atoms with Gasteiger partial charge in [-0.2, -0.15) is 0 Å². The minimum Gasteiger partial charge on any atom is -0.346 e. The van der Waals surface area contributed by atoms with E-state index in [-0.39, 0.29) is 5.41 Å². The number of benzene rings is 3. The number of hydrogen-bond donors (Lipinski definition) is 1. The van der Waals surface area contributed by atoms with E-state index in [0.29, 0.717) is 0 Å². The molecule has 26 heavy (non-hydrogen) atoms. The number of fused-ring (bicyclic) bond motifs is 1. The largest absolute Gasteiger partial charge is 0.346 e. The Kier molecular flexibility index (Phi) is 4.29. The lowest BCUT2D eigenvalue weighted by Gasteiger charge is -2.22. The third kappa shape index (κ3) is 3.25. The summed E-state index contributed by atoms with van der Waals surface area (Å²) in [4.78, 5) is 0. The highest BCUT2D eigenvalue weighted by atomic mass is 32.1. The first kappa shape index (κ1) is 16.9. The van der Waals surface area contributed by atoms with Crippen LogP contribution in [-0.2, 0) is 5.41 Å². The monoisotopic (exact) mass is 357 g/mol. The minimum absolute atomic E-state index is 0.114. The molecule has 1 N–H and O–H groups in total.